The Kier molecular flexibility index (Phi) is 5.70. The molecule has 1 N–H and O–H groups in total. The lowest BCUT2D eigenvalue weighted by atomic mass is 9.90. The molecule has 0 saturated carbocycles. The van der Waals surface area contributed by atoms with Crippen molar-refractivity contribution >= 4 is 11.5 Å². The minimum Gasteiger partial charge on any atom is -0.476 e. The van der Waals surface area contributed by atoms with E-state index in [0.717, 1.165) is 27.8 Å². The highest BCUT2D eigenvalue weighted by molar-refractivity contribution is 6.09. The second-order valence-electron chi connectivity index (χ2n) is 6.54. The van der Waals surface area contributed by atoms with E-state index in [1.54, 1.807) is 12.1 Å². The molecule has 0 amide bonds. The highest BCUT2D eigenvalue weighted by Crippen LogP contribution is 2.31. The number of aliphatic hydroxyl groups excluding tert-OH is 1. The summed E-state index contributed by atoms with van der Waals surface area (Å²) in [7, 11) is 1.27. The van der Waals surface area contributed by atoms with Gasteiger partial charge in [0.1, 0.15) is 5.69 Å². The number of hydrogen-bond acceptors (Lipinski definition) is 6. The number of ketones is 1. The van der Waals surface area contributed by atoms with E-state index in [2.05, 4.69) is 4.98 Å². The fourth-order valence-electron chi connectivity index (χ4n) is 3.31. The molecule has 2 aromatic carbocycles. The van der Waals surface area contributed by atoms with Crippen LogP contribution in [0.2, 0.25) is 0 Å². The van der Waals surface area contributed by atoms with Gasteiger partial charge in [0.15, 0.2) is 0 Å². The molecule has 0 aliphatic heterocycles. The van der Waals surface area contributed by atoms with Gasteiger partial charge in [-0.2, -0.15) is 0 Å². The minimum absolute atomic E-state index is 0.0635. The Morgan fingerprint density at radius 3 is 2.34 bits per heavy atom. The summed E-state index contributed by atoms with van der Waals surface area (Å²) < 4.78 is 4.97. The Bertz CT molecular complexity index is 1110. The number of ether oxygens (including phenoxy) is 1. The van der Waals surface area contributed by atoms with Crippen molar-refractivity contribution in [1.82, 2.24) is 4.98 Å². The predicted molar refractivity (Wildman–Crippen MR) is 108 cm³/mol. The summed E-state index contributed by atoms with van der Waals surface area (Å²) in [5, 5.41) is 20.6. The van der Waals surface area contributed by atoms with Crippen LogP contribution in [0.3, 0.4) is 0 Å². The first-order valence-electron chi connectivity index (χ1n) is 8.92. The molecule has 0 radical (unpaired) electrons. The van der Waals surface area contributed by atoms with Crippen molar-refractivity contribution < 1.29 is 19.6 Å². The van der Waals surface area contributed by atoms with E-state index >= 15 is 0 Å². The monoisotopic (exact) mass is 392 g/mol. The number of nitro groups is 1. The Morgan fingerprint density at radius 1 is 1.07 bits per heavy atom. The van der Waals surface area contributed by atoms with Crippen LogP contribution in [0.15, 0.2) is 48.5 Å². The van der Waals surface area contributed by atoms with Crippen LogP contribution in [-0.4, -0.2) is 27.9 Å². The van der Waals surface area contributed by atoms with E-state index in [1.807, 2.05) is 38.1 Å². The first-order valence-corrected chi connectivity index (χ1v) is 8.92. The van der Waals surface area contributed by atoms with E-state index in [0.29, 0.717) is 5.56 Å². The molecular formula is C22H20N2O5. The Morgan fingerprint density at radius 2 is 1.72 bits per heavy atom. The van der Waals surface area contributed by atoms with Crippen LogP contribution in [0, 0.1) is 24.0 Å². The zero-order chi connectivity index (χ0) is 21.1. The SMILES string of the molecule is COc1nc(C(=O)c2cccc(-c3cccc(CO)c3C)c2C)ccc1[N+](=O)[O-]. The first kappa shape index (κ1) is 20.2. The van der Waals surface area contributed by atoms with Gasteiger partial charge in [0.25, 0.3) is 5.88 Å². The van der Waals surface area contributed by atoms with Crippen LogP contribution in [0.4, 0.5) is 5.69 Å². The average molecular weight is 392 g/mol. The van der Waals surface area contributed by atoms with Gasteiger partial charge in [0.2, 0.25) is 5.78 Å². The quantitative estimate of drug-likeness (QED) is 0.386. The summed E-state index contributed by atoms with van der Waals surface area (Å²) in [6.45, 7) is 3.71. The highest BCUT2D eigenvalue weighted by atomic mass is 16.6. The third-order valence-corrected chi connectivity index (χ3v) is 4.95. The average Bonchev–Trinajstić information content (AvgIpc) is 2.73. The lowest BCUT2D eigenvalue weighted by Gasteiger charge is -2.15. The molecule has 7 nitrogen and oxygen atoms in total. The van der Waals surface area contributed by atoms with Crippen LogP contribution >= 0.6 is 0 Å². The molecule has 0 aliphatic carbocycles. The molecule has 1 aromatic heterocycles. The number of carbonyl (C=O) groups is 1. The lowest BCUT2D eigenvalue weighted by Crippen LogP contribution is -2.09. The number of aromatic nitrogens is 1. The van der Waals surface area contributed by atoms with Gasteiger partial charge in [-0.1, -0.05) is 36.4 Å². The molecule has 0 bridgehead atoms. The topological polar surface area (TPSA) is 103 Å². The second kappa shape index (κ2) is 8.20. The highest BCUT2D eigenvalue weighted by Gasteiger charge is 2.22. The molecule has 0 saturated heterocycles. The van der Waals surface area contributed by atoms with Crippen molar-refractivity contribution in [3.63, 3.8) is 0 Å². The number of hydrogen-bond donors (Lipinski definition) is 1. The molecule has 0 aliphatic rings. The van der Waals surface area contributed by atoms with Crippen molar-refractivity contribution in [3.05, 3.63) is 86.6 Å². The first-order chi connectivity index (χ1) is 13.9. The fraction of sp³-hybridized carbons (Fsp3) is 0.182. The summed E-state index contributed by atoms with van der Waals surface area (Å²) in [5.41, 5.74) is 4.53. The molecule has 0 spiro atoms. The number of aliphatic hydroxyl groups is 1. The fourth-order valence-corrected chi connectivity index (χ4v) is 3.31. The van der Waals surface area contributed by atoms with Crippen LogP contribution in [0.5, 0.6) is 5.88 Å². The van der Waals surface area contributed by atoms with Gasteiger partial charge in [-0.05, 0) is 47.7 Å². The zero-order valence-corrected chi connectivity index (χ0v) is 16.3. The molecule has 7 heteroatoms. The van der Waals surface area contributed by atoms with Crippen LogP contribution < -0.4 is 4.74 Å². The van der Waals surface area contributed by atoms with Crippen LogP contribution in [0.1, 0.15) is 32.7 Å². The summed E-state index contributed by atoms with van der Waals surface area (Å²) in [5.74, 6) is -0.560. The van der Waals surface area contributed by atoms with Crippen molar-refractivity contribution in [3.8, 4) is 17.0 Å². The molecule has 3 aromatic rings. The van der Waals surface area contributed by atoms with E-state index in [-0.39, 0.29) is 29.7 Å². The van der Waals surface area contributed by atoms with Crippen molar-refractivity contribution in [1.29, 1.82) is 0 Å². The molecule has 0 fully saturated rings. The number of nitrogens with zero attached hydrogens (tertiary/aromatic N) is 2. The van der Waals surface area contributed by atoms with Gasteiger partial charge < -0.3 is 9.84 Å². The molecule has 3 rings (SSSR count). The van der Waals surface area contributed by atoms with Crippen molar-refractivity contribution in [2.45, 2.75) is 20.5 Å². The molecule has 0 unspecified atom stereocenters. The van der Waals surface area contributed by atoms with Gasteiger partial charge in [-0.3, -0.25) is 14.9 Å². The van der Waals surface area contributed by atoms with E-state index in [9.17, 15) is 20.0 Å². The number of carbonyl (C=O) groups excluding carboxylic acids is 1. The normalized spacial score (nSPS) is 10.6. The van der Waals surface area contributed by atoms with Crippen molar-refractivity contribution in [2.75, 3.05) is 7.11 Å². The van der Waals surface area contributed by atoms with Crippen molar-refractivity contribution in [2.24, 2.45) is 0 Å². The molecule has 1 heterocycles. The summed E-state index contributed by atoms with van der Waals surface area (Å²) in [4.78, 5) is 27.6. The second-order valence-corrected chi connectivity index (χ2v) is 6.54. The number of pyridine rings is 1. The number of benzene rings is 2. The minimum atomic E-state index is -0.608. The predicted octanol–water partition coefficient (Wildman–Crippen LogP) is 4.01. The van der Waals surface area contributed by atoms with E-state index < -0.39 is 4.92 Å². The summed E-state index contributed by atoms with van der Waals surface area (Å²) in [6.07, 6.45) is 0. The van der Waals surface area contributed by atoms with Gasteiger partial charge in [0, 0.05) is 11.6 Å². The Hall–Kier alpha value is -3.58. The molecular weight excluding hydrogens is 372 g/mol. The molecule has 29 heavy (non-hydrogen) atoms. The third kappa shape index (κ3) is 3.72. The maximum absolute atomic E-state index is 13.1. The third-order valence-electron chi connectivity index (χ3n) is 4.95. The molecule has 0 atom stereocenters. The number of methoxy groups -OCH3 is 1. The largest absolute Gasteiger partial charge is 0.476 e. The maximum atomic E-state index is 13.1. The van der Waals surface area contributed by atoms with Crippen LogP contribution in [-0.2, 0) is 6.61 Å². The van der Waals surface area contributed by atoms with Gasteiger partial charge in [0.05, 0.1) is 18.6 Å². The van der Waals surface area contributed by atoms with Gasteiger partial charge in [-0.15, -0.1) is 0 Å². The smallest absolute Gasteiger partial charge is 0.330 e. The van der Waals surface area contributed by atoms with Gasteiger partial charge >= 0.3 is 5.69 Å². The van der Waals surface area contributed by atoms with E-state index in [4.69, 9.17) is 4.74 Å². The lowest BCUT2D eigenvalue weighted by molar-refractivity contribution is -0.386. The van der Waals surface area contributed by atoms with E-state index in [1.165, 1.54) is 19.2 Å². The zero-order valence-electron chi connectivity index (χ0n) is 16.3. The molecule has 148 valence electrons. The van der Waals surface area contributed by atoms with Crippen LogP contribution in [0.25, 0.3) is 11.1 Å². The summed E-state index contributed by atoms with van der Waals surface area (Å²) >= 11 is 0. The Balaban J connectivity index is 2.09. The van der Waals surface area contributed by atoms with Gasteiger partial charge in [-0.25, -0.2) is 4.98 Å². The number of rotatable bonds is 6. The Labute approximate surface area is 167 Å². The summed E-state index contributed by atoms with van der Waals surface area (Å²) in [6, 6.07) is 13.6. The standard InChI is InChI=1S/C22H20N2O5/c1-13-15(12-25)6-4-7-16(13)17-8-5-9-18(14(17)2)21(26)19-10-11-20(24(27)28)22(23-19)29-3/h4-11,25H,12H2,1-3H3. The maximum Gasteiger partial charge on any atom is 0.330 e.